The summed E-state index contributed by atoms with van der Waals surface area (Å²) in [7, 11) is 1.70. The lowest BCUT2D eigenvalue weighted by Crippen LogP contribution is -2.37. The first kappa shape index (κ1) is 21.0. The number of benzene rings is 1. The number of unbranched alkanes of at least 4 members (excludes halogenated alkanes) is 1. The zero-order valence-electron chi connectivity index (χ0n) is 14.0. The Hall–Kier alpha value is -0.980. The van der Waals surface area contributed by atoms with Crippen LogP contribution in [-0.4, -0.2) is 32.7 Å². The van der Waals surface area contributed by atoms with Crippen molar-refractivity contribution in [3.8, 4) is 5.75 Å². The average molecular weight is 419 g/mol. The summed E-state index contributed by atoms with van der Waals surface area (Å²) in [4.78, 5) is 4.61. The maximum atomic E-state index is 5.24. The van der Waals surface area contributed by atoms with Gasteiger partial charge in [0.15, 0.2) is 5.96 Å². The molecule has 5 heteroatoms. The molecule has 0 saturated carbocycles. The van der Waals surface area contributed by atoms with Gasteiger partial charge in [0.2, 0.25) is 0 Å². The fraction of sp³-hybridized carbons (Fsp3) is 0.588. The van der Waals surface area contributed by atoms with Gasteiger partial charge in [-0.2, -0.15) is 0 Å². The molecule has 0 atom stereocenters. The maximum absolute atomic E-state index is 5.24. The molecule has 0 unspecified atom stereocenters. The molecule has 0 aliphatic carbocycles. The van der Waals surface area contributed by atoms with Crippen LogP contribution in [-0.2, 0) is 6.42 Å². The van der Waals surface area contributed by atoms with E-state index in [1.54, 1.807) is 7.11 Å². The first-order valence-corrected chi connectivity index (χ1v) is 7.95. The second kappa shape index (κ2) is 13.7. The first-order valence-electron chi connectivity index (χ1n) is 7.95. The van der Waals surface area contributed by atoms with Crippen molar-refractivity contribution in [2.24, 2.45) is 4.99 Å². The number of nitrogens with one attached hydrogen (secondary N) is 2. The summed E-state index contributed by atoms with van der Waals surface area (Å²) in [5.74, 6) is 1.85. The normalized spacial score (nSPS) is 10.8. The van der Waals surface area contributed by atoms with Gasteiger partial charge in [-0.3, -0.25) is 4.99 Å². The first-order chi connectivity index (χ1) is 10.3. The molecule has 0 spiro atoms. The minimum Gasteiger partial charge on any atom is -0.497 e. The van der Waals surface area contributed by atoms with Gasteiger partial charge in [0, 0.05) is 19.6 Å². The van der Waals surface area contributed by atoms with Crippen molar-refractivity contribution < 1.29 is 4.74 Å². The molecule has 0 bridgehead atoms. The van der Waals surface area contributed by atoms with E-state index in [2.05, 4.69) is 41.6 Å². The van der Waals surface area contributed by atoms with E-state index in [-0.39, 0.29) is 24.0 Å². The lowest BCUT2D eigenvalue weighted by atomic mass is 10.1. The van der Waals surface area contributed by atoms with Crippen LogP contribution < -0.4 is 15.4 Å². The Morgan fingerprint density at radius 1 is 1.18 bits per heavy atom. The number of nitrogens with zero attached hydrogens (tertiary/aromatic N) is 1. The summed E-state index contributed by atoms with van der Waals surface area (Å²) < 4.78 is 5.24. The molecule has 0 aliphatic heterocycles. The highest BCUT2D eigenvalue weighted by Crippen LogP contribution is 2.13. The highest BCUT2D eigenvalue weighted by atomic mass is 127. The zero-order chi connectivity index (χ0) is 15.3. The van der Waals surface area contributed by atoms with Crippen LogP contribution in [0, 0.1) is 0 Å². The molecule has 126 valence electrons. The van der Waals surface area contributed by atoms with Crippen LogP contribution in [0.4, 0.5) is 0 Å². The highest BCUT2D eigenvalue weighted by Gasteiger charge is 1.98. The number of guanidine groups is 1. The van der Waals surface area contributed by atoms with Crippen molar-refractivity contribution in [2.45, 2.75) is 39.5 Å². The van der Waals surface area contributed by atoms with E-state index in [0.717, 1.165) is 44.2 Å². The van der Waals surface area contributed by atoms with Crippen molar-refractivity contribution >= 4 is 29.9 Å². The fourth-order valence-corrected chi connectivity index (χ4v) is 2.03. The van der Waals surface area contributed by atoms with E-state index in [0.29, 0.717) is 0 Å². The van der Waals surface area contributed by atoms with Crippen LogP contribution in [0.2, 0.25) is 0 Å². The summed E-state index contributed by atoms with van der Waals surface area (Å²) >= 11 is 0. The van der Waals surface area contributed by atoms with Gasteiger partial charge in [-0.15, -0.1) is 24.0 Å². The fourth-order valence-electron chi connectivity index (χ4n) is 2.03. The molecule has 0 aromatic heterocycles. The number of hydrogen-bond donors (Lipinski definition) is 2. The van der Waals surface area contributed by atoms with Crippen molar-refractivity contribution in [3.63, 3.8) is 0 Å². The van der Waals surface area contributed by atoms with Crippen molar-refractivity contribution in [3.05, 3.63) is 29.8 Å². The Balaban J connectivity index is 0.00000441. The lowest BCUT2D eigenvalue weighted by Gasteiger charge is -2.10. The Bertz CT molecular complexity index is 424. The third-order valence-electron chi connectivity index (χ3n) is 3.19. The smallest absolute Gasteiger partial charge is 0.191 e. The van der Waals surface area contributed by atoms with Gasteiger partial charge in [-0.25, -0.2) is 0 Å². The van der Waals surface area contributed by atoms with Crippen molar-refractivity contribution in [2.75, 3.05) is 26.7 Å². The molecule has 1 aromatic carbocycles. The molecular weight excluding hydrogens is 389 g/mol. The molecule has 0 heterocycles. The summed E-state index contributed by atoms with van der Waals surface area (Å²) in [6, 6.07) is 8.24. The summed E-state index contributed by atoms with van der Waals surface area (Å²) in [6.45, 7) is 7.00. The van der Waals surface area contributed by atoms with Crippen LogP contribution in [0.5, 0.6) is 5.75 Å². The van der Waals surface area contributed by atoms with E-state index in [1.165, 1.54) is 18.4 Å². The molecule has 1 aromatic rings. The standard InChI is InChI=1S/C17H29N3O.HI/c1-4-6-12-19-17(18-5-2)20-13-8-10-15-9-7-11-16(14-15)21-3;/h7,9,11,14H,4-6,8,10,12-13H2,1-3H3,(H2,18,19,20);1H. The van der Waals surface area contributed by atoms with Gasteiger partial charge >= 0.3 is 0 Å². The number of ether oxygens (including phenoxy) is 1. The molecular formula is C17H30IN3O. The van der Waals surface area contributed by atoms with Crippen LogP contribution in [0.15, 0.2) is 29.3 Å². The van der Waals surface area contributed by atoms with Crippen LogP contribution >= 0.6 is 24.0 Å². The van der Waals surface area contributed by atoms with E-state index >= 15 is 0 Å². The number of methoxy groups -OCH3 is 1. The molecule has 1 rings (SSSR count). The van der Waals surface area contributed by atoms with Gasteiger partial charge in [-0.05, 0) is 43.9 Å². The topological polar surface area (TPSA) is 45.7 Å². The van der Waals surface area contributed by atoms with Crippen LogP contribution in [0.1, 0.15) is 38.7 Å². The Morgan fingerprint density at radius 3 is 2.68 bits per heavy atom. The molecule has 0 saturated heterocycles. The molecule has 22 heavy (non-hydrogen) atoms. The van der Waals surface area contributed by atoms with Gasteiger partial charge < -0.3 is 15.4 Å². The zero-order valence-corrected chi connectivity index (χ0v) is 16.4. The van der Waals surface area contributed by atoms with E-state index < -0.39 is 0 Å². The molecule has 2 N–H and O–H groups in total. The molecule has 0 aliphatic rings. The molecule has 4 nitrogen and oxygen atoms in total. The van der Waals surface area contributed by atoms with E-state index in [9.17, 15) is 0 Å². The van der Waals surface area contributed by atoms with Gasteiger partial charge in [0.25, 0.3) is 0 Å². The predicted molar refractivity (Wildman–Crippen MR) is 106 cm³/mol. The highest BCUT2D eigenvalue weighted by molar-refractivity contribution is 14.0. The molecule has 0 amide bonds. The largest absolute Gasteiger partial charge is 0.497 e. The number of aliphatic imine (C=N–C) groups is 1. The Morgan fingerprint density at radius 2 is 2.00 bits per heavy atom. The third-order valence-corrected chi connectivity index (χ3v) is 3.19. The second-order valence-corrected chi connectivity index (χ2v) is 5.00. The van der Waals surface area contributed by atoms with E-state index in [4.69, 9.17) is 4.74 Å². The minimum atomic E-state index is 0. The number of hydrogen-bond acceptors (Lipinski definition) is 2. The Kier molecular flexibility index (Phi) is 13.1. The average Bonchev–Trinajstić information content (AvgIpc) is 2.52. The SMILES string of the molecule is CCCCNC(=NCCCc1cccc(OC)c1)NCC.I. The van der Waals surface area contributed by atoms with Gasteiger partial charge in [0.1, 0.15) is 5.75 Å². The summed E-state index contributed by atoms with van der Waals surface area (Å²) in [5, 5.41) is 6.63. The van der Waals surface area contributed by atoms with Crippen molar-refractivity contribution in [1.82, 2.24) is 10.6 Å². The van der Waals surface area contributed by atoms with E-state index in [1.807, 2.05) is 12.1 Å². The third kappa shape index (κ3) is 9.12. The molecule has 0 fully saturated rings. The summed E-state index contributed by atoms with van der Waals surface area (Å²) in [6.07, 6.45) is 4.43. The lowest BCUT2D eigenvalue weighted by molar-refractivity contribution is 0.414. The Labute approximate surface area is 152 Å². The minimum absolute atomic E-state index is 0. The number of aryl methyl sites for hydroxylation is 1. The number of rotatable bonds is 9. The predicted octanol–water partition coefficient (Wildman–Crippen LogP) is 3.60. The van der Waals surface area contributed by atoms with Crippen LogP contribution in [0.25, 0.3) is 0 Å². The molecule has 0 radical (unpaired) electrons. The summed E-state index contributed by atoms with van der Waals surface area (Å²) in [5.41, 5.74) is 1.30. The monoisotopic (exact) mass is 419 g/mol. The maximum Gasteiger partial charge on any atom is 0.191 e. The quantitative estimate of drug-likeness (QED) is 0.278. The van der Waals surface area contributed by atoms with Crippen molar-refractivity contribution in [1.29, 1.82) is 0 Å². The second-order valence-electron chi connectivity index (χ2n) is 5.00. The van der Waals surface area contributed by atoms with Gasteiger partial charge in [-0.1, -0.05) is 25.5 Å². The number of halogens is 1. The van der Waals surface area contributed by atoms with Crippen LogP contribution in [0.3, 0.4) is 0 Å². The van der Waals surface area contributed by atoms with Gasteiger partial charge in [0.05, 0.1) is 7.11 Å².